The van der Waals surface area contributed by atoms with Gasteiger partial charge in [-0.2, -0.15) is 0 Å². The maximum absolute atomic E-state index is 12.1. The van der Waals surface area contributed by atoms with E-state index in [2.05, 4.69) is 26.1 Å². The van der Waals surface area contributed by atoms with Gasteiger partial charge in [0, 0.05) is 19.5 Å². The lowest BCUT2D eigenvalue weighted by Crippen LogP contribution is -2.48. The largest absolute Gasteiger partial charge is 0.480 e. The lowest BCUT2D eigenvalue weighted by Gasteiger charge is -2.28. The predicted molar refractivity (Wildman–Crippen MR) is 80.1 cm³/mol. The van der Waals surface area contributed by atoms with Gasteiger partial charge in [0.25, 0.3) is 0 Å². The molecule has 21 heavy (non-hydrogen) atoms. The van der Waals surface area contributed by atoms with Crippen LogP contribution in [0.5, 0.6) is 0 Å². The molecule has 122 valence electrons. The van der Waals surface area contributed by atoms with E-state index in [9.17, 15) is 14.7 Å². The van der Waals surface area contributed by atoms with E-state index in [-0.39, 0.29) is 18.4 Å². The van der Waals surface area contributed by atoms with Crippen molar-refractivity contribution in [3.63, 3.8) is 0 Å². The van der Waals surface area contributed by atoms with Gasteiger partial charge in [0.15, 0.2) is 0 Å². The number of aliphatic hydroxyl groups is 1. The highest BCUT2D eigenvalue weighted by molar-refractivity contribution is 5.83. The zero-order valence-corrected chi connectivity index (χ0v) is 13.3. The predicted octanol–water partition coefficient (Wildman–Crippen LogP) is 1.82. The monoisotopic (exact) mass is 300 g/mol. The number of carbonyl (C=O) groups is 2. The van der Waals surface area contributed by atoms with Gasteiger partial charge in [0.1, 0.15) is 6.04 Å². The van der Waals surface area contributed by atoms with Gasteiger partial charge in [-0.15, -0.1) is 0 Å². The quantitative estimate of drug-likeness (QED) is 0.626. The first-order valence-electron chi connectivity index (χ1n) is 7.72. The van der Waals surface area contributed by atoms with E-state index in [0.717, 1.165) is 19.3 Å². The molecule has 6 nitrogen and oxygen atoms in total. The second-order valence-corrected chi connectivity index (χ2v) is 6.68. The summed E-state index contributed by atoms with van der Waals surface area (Å²) in [6.07, 6.45) is 3.83. The van der Waals surface area contributed by atoms with E-state index in [1.807, 2.05) is 0 Å². The van der Waals surface area contributed by atoms with Gasteiger partial charge in [0.05, 0.1) is 6.10 Å². The fourth-order valence-corrected chi connectivity index (χ4v) is 2.63. The summed E-state index contributed by atoms with van der Waals surface area (Å²) >= 11 is 0. The average molecular weight is 300 g/mol. The van der Waals surface area contributed by atoms with E-state index >= 15 is 0 Å². The Bertz CT molecular complexity index is 371. The first-order chi connectivity index (χ1) is 9.76. The van der Waals surface area contributed by atoms with Crippen molar-refractivity contribution in [3.8, 4) is 0 Å². The maximum Gasteiger partial charge on any atom is 0.326 e. The van der Waals surface area contributed by atoms with Gasteiger partial charge in [-0.1, -0.05) is 40.0 Å². The molecule has 0 radical (unpaired) electrons. The number of aliphatic hydroxyl groups excluding tert-OH is 1. The molecule has 6 heteroatoms. The van der Waals surface area contributed by atoms with E-state index in [4.69, 9.17) is 5.11 Å². The van der Waals surface area contributed by atoms with Gasteiger partial charge in [-0.05, 0) is 11.8 Å². The molecule has 1 rings (SSSR count). The lowest BCUT2D eigenvalue weighted by atomic mass is 9.87. The number of carboxylic acid groups (broad SMARTS) is 1. The lowest BCUT2D eigenvalue weighted by molar-refractivity contribution is -0.141. The number of amides is 2. The minimum absolute atomic E-state index is 0.0120. The van der Waals surface area contributed by atoms with Crippen molar-refractivity contribution in [1.29, 1.82) is 0 Å². The molecule has 0 aromatic heterocycles. The molecule has 1 aliphatic rings. The summed E-state index contributed by atoms with van der Waals surface area (Å²) in [5, 5.41) is 21.5. The van der Waals surface area contributed by atoms with Crippen molar-refractivity contribution in [2.45, 2.75) is 65.0 Å². The fourth-order valence-electron chi connectivity index (χ4n) is 2.63. The molecule has 1 heterocycles. The van der Waals surface area contributed by atoms with Crippen LogP contribution in [0, 0.1) is 5.41 Å². The van der Waals surface area contributed by atoms with E-state index < -0.39 is 24.1 Å². The Balaban J connectivity index is 2.47. The summed E-state index contributed by atoms with van der Waals surface area (Å²) in [6.45, 7) is 6.93. The molecule has 2 atom stereocenters. The molecule has 2 unspecified atom stereocenters. The third-order valence-corrected chi connectivity index (χ3v) is 4.00. The average Bonchev–Trinajstić information content (AvgIpc) is 2.79. The SMILES string of the molecule is CCCCCC(C)(C)CNC(=O)N1CC(O)CC1C(=O)O. The van der Waals surface area contributed by atoms with E-state index in [0.29, 0.717) is 6.54 Å². The number of carboxylic acids is 1. The van der Waals surface area contributed by atoms with Crippen LogP contribution in [-0.4, -0.2) is 52.3 Å². The topological polar surface area (TPSA) is 89.9 Å². The van der Waals surface area contributed by atoms with Crippen LogP contribution in [0.4, 0.5) is 4.79 Å². The van der Waals surface area contributed by atoms with Crippen LogP contribution in [0.25, 0.3) is 0 Å². The highest BCUT2D eigenvalue weighted by Crippen LogP contribution is 2.23. The zero-order chi connectivity index (χ0) is 16.0. The van der Waals surface area contributed by atoms with E-state index in [1.165, 1.54) is 11.3 Å². The molecule has 3 N–H and O–H groups in total. The summed E-state index contributed by atoms with van der Waals surface area (Å²) < 4.78 is 0. The molecule has 0 saturated carbocycles. The van der Waals surface area contributed by atoms with Crippen LogP contribution in [0.15, 0.2) is 0 Å². The Labute approximate surface area is 126 Å². The molecule has 0 aliphatic carbocycles. The summed E-state index contributed by atoms with van der Waals surface area (Å²) in [5.41, 5.74) is -0.0120. The molecule has 1 fully saturated rings. The van der Waals surface area contributed by atoms with Crippen LogP contribution in [0.3, 0.4) is 0 Å². The number of likely N-dealkylation sites (tertiary alicyclic amines) is 1. The Morgan fingerprint density at radius 1 is 1.33 bits per heavy atom. The zero-order valence-electron chi connectivity index (χ0n) is 13.3. The molecule has 0 aromatic carbocycles. The highest BCUT2D eigenvalue weighted by Gasteiger charge is 2.39. The summed E-state index contributed by atoms with van der Waals surface area (Å²) in [6, 6.07) is -1.33. The van der Waals surface area contributed by atoms with Crippen LogP contribution >= 0.6 is 0 Å². The summed E-state index contributed by atoms with van der Waals surface area (Å²) in [5.74, 6) is -1.07. The fraction of sp³-hybridized carbons (Fsp3) is 0.867. The molecule has 0 spiro atoms. The third kappa shape index (κ3) is 5.53. The van der Waals surface area contributed by atoms with Crippen LogP contribution < -0.4 is 5.32 Å². The number of β-amino-alcohol motifs (C(OH)–C–C–N with tert-alkyl or cyclic N) is 1. The number of nitrogens with one attached hydrogen (secondary N) is 1. The first kappa shape index (κ1) is 17.8. The molecular formula is C15H28N2O4. The molecule has 1 saturated heterocycles. The highest BCUT2D eigenvalue weighted by atomic mass is 16.4. The number of carbonyl (C=O) groups excluding carboxylic acids is 1. The van der Waals surface area contributed by atoms with E-state index in [1.54, 1.807) is 0 Å². The molecular weight excluding hydrogens is 272 g/mol. The maximum atomic E-state index is 12.1. The van der Waals surface area contributed by atoms with Gasteiger partial charge >= 0.3 is 12.0 Å². The van der Waals surface area contributed by atoms with Crippen molar-refractivity contribution in [3.05, 3.63) is 0 Å². The second kappa shape index (κ2) is 7.64. The molecule has 1 aliphatic heterocycles. The van der Waals surface area contributed by atoms with Crippen LogP contribution in [-0.2, 0) is 4.79 Å². The number of rotatable bonds is 7. The minimum Gasteiger partial charge on any atom is -0.480 e. The standard InChI is InChI=1S/C15H28N2O4/c1-4-5-6-7-15(2,3)10-16-14(21)17-9-11(18)8-12(17)13(19)20/h11-12,18H,4-10H2,1-3H3,(H,16,21)(H,19,20). The Morgan fingerprint density at radius 3 is 2.57 bits per heavy atom. The number of hydrogen-bond acceptors (Lipinski definition) is 3. The second-order valence-electron chi connectivity index (χ2n) is 6.68. The molecule has 0 bridgehead atoms. The Morgan fingerprint density at radius 2 is 2.00 bits per heavy atom. The van der Waals surface area contributed by atoms with Crippen molar-refractivity contribution >= 4 is 12.0 Å². The normalized spacial score (nSPS) is 22.4. The number of nitrogens with zero attached hydrogens (tertiary/aromatic N) is 1. The van der Waals surface area contributed by atoms with Crippen LogP contribution in [0.1, 0.15) is 52.9 Å². The summed E-state index contributed by atoms with van der Waals surface area (Å²) in [4.78, 5) is 24.4. The number of hydrogen-bond donors (Lipinski definition) is 3. The molecule has 0 aromatic rings. The van der Waals surface area contributed by atoms with Crippen molar-refractivity contribution in [2.24, 2.45) is 5.41 Å². The van der Waals surface area contributed by atoms with Gasteiger partial charge in [-0.3, -0.25) is 0 Å². The third-order valence-electron chi connectivity index (χ3n) is 4.00. The number of aliphatic carboxylic acids is 1. The van der Waals surface area contributed by atoms with Gasteiger partial charge < -0.3 is 20.4 Å². The molecule has 2 amide bonds. The Kier molecular flexibility index (Phi) is 6.45. The van der Waals surface area contributed by atoms with Gasteiger partial charge in [-0.25, -0.2) is 9.59 Å². The number of unbranched alkanes of at least 4 members (excludes halogenated alkanes) is 2. The van der Waals surface area contributed by atoms with Crippen molar-refractivity contribution in [2.75, 3.05) is 13.1 Å². The Hall–Kier alpha value is -1.30. The number of urea groups is 1. The van der Waals surface area contributed by atoms with Crippen LogP contribution in [0.2, 0.25) is 0 Å². The minimum atomic E-state index is -1.07. The smallest absolute Gasteiger partial charge is 0.326 e. The van der Waals surface area contributed by atoms with Crippen molar-refractivity contribution < 1.29 is 19.8 Å². The van der Waals surface area contributed by atoms with Gasteiger partial charge in [0.2, 0.25) is 0 Å². The first-order valence-corrected chi connectivity index (χ1v) is 7.72. The summed E-state index contributed by atoms with van der Waals surface area (Å²) in [7, 11) is 0. The van der Waals surface area contributed by atoms with Crippen molar-refractivity contribution in [1.82, 2.24) is 10.2 Å².